The molecular weight excluding hydrogens is 377 g/mol. The van der Waals surface area contributed by atoms with Crippen molar-refractivity contribution in [3.63, 3.8) is 0 Å². The summed E-state index contributed by atoms with van der Waals surface area (Å²) in [4.78, 5) is 12.6. The zero-order chi connectivity index (χ0) is 21.2. The quantitative estimate of drug-likeness (QED) is 0.581. The molecule has 0 bridgehead atoms. The van der Waals surface area contributed by atoms with Crippen LogP contribution in [0.25, 0.3) is 10.9 Å². The minimum atomic E-state index is -4.43. The second-order valence-electron chi connectivity index (χ2n) is 7.79. The molecule has 0 spiro atoms. The summed E-state index contributed by atoms with van der Waals surface area (Å²) in [6.45, 7) is 4.52. The van der Waals surface area contributed by atoms with Crippen LogP contribution in [0.1, 0.15) is 42.9 Å². The number of nitrogens with zero attached hydrogens (tertiary/aromatic N) is 1. The van der Waals surface area contributed by atoms with Crippen LogP contribution in [0, 0.1) is 5.92 Å². The van der Waals surface area contributed by atoms with E-state index in [9.17, 15) is 18.0 Å². The number of amides is 1. The third-order valence-corrected chi connectivity index (χ3v) is 5.02. The highest BCUT2D eigenvalue weighted by atomic mass is 19.4. The summed E-state index contributed by atoms with van der Waals surface area (Å²) in [6, 6.07) is 13.0. The molecule has 0 saturated carbocycles. The third-order valence-electron chi connectivity index (χ3n) is 5.02. The fourth-order valence-electron chi connectivity index (χ4n) is 3.57. The van der Waals surface area contributed by atoms with Crippen LogP contribution in [0.5, 0.6) is 0 Å². The molecular formula is C23H25F3N2O. The molecule has 0 saturated heterocycles. The highest BCUT2D eigenvalue weighted by Crippen LogP contribution is 2.37. The average Bonchev–Trinajstić information content (AvgIpc) is 3.01. The summed E-state index contributed by atoms with van der Waals surface area (Å²) in [5.41, 5.74) is 1.60. The summed E-state index contributed by atoms with van der Waals surface area (Å²) in [5, 5.41) is 3.82. The first-order valence-corrected chi connectivity index (χ1v) is 9.64. The number of carbonyl (C=O) groups excluding carboxylic acids is 1. The molecule has 1 aromatic heterocycles. The smallest absolute Gasteiger partial charge is 0.356 e. The number of aryl methyl sites for hydroxylation is 1. The average molecular weight is 402 g/mol. The van der Waals surface area contributed by atoms with Gasteiger partial charge in [-0.25, -0.2) is 0 Å². The maximum Gasteiger partial charge on any atom is 0.416 e. The van der Waals surface area contributed by atoms with Crippen molar-refractivity contribution in [2.45, 2.75) is 32.4 Å². The highest BCUT2D eigenvalue weighted by Gasteiger charge is 2.32. The zero-order valence-electron chi connectivity index (χ0n) is 16.8. The molecule has 2 aromatic carbocycles. The summed E-state index contributed by atoms with van der Waals surface area (Å²) < 4.78 is 41.8. The van der Waals surface area contributed by atoms with Gasteiger partial charge >= 0.3 is 6.18 Å². The summed E-state index contributed by atoms with van der Waals surface area (Å²) in [5.74, 6) is -0.354. The normalized spacial score (nSPS) is 13.1. The monoisotopic (exact) mass is 402 g/mol. The number of hydrogen-bond donors (Lipinski definition) is 1. The maximum absolute atomic E-state index is 13.3. The topological polar surface area (TPSA) is 34.0 Å². The van der Waals surface area contributed by atoms with Crippen molar-refractivity contribution in [3.05, 3.63) is 71.4 Å². The number of rotatable bonds is 6. The van der Waals surface area contributed by atoms with Crippen LogP contribution < -0.4 is 5.32 Å². The number of hydrogen-bond acceptors (Lipinski definition) is 1. The number of fused-ring (bicyclic) bond motifs is 1. The number of benzene rings is 2. The van der Waals surface area contributed by atoms with Gasteiger partial charge in [-0.3, -0.25) is 4.79 Å². The van der Waals surface area contributed by atoms with Gasteiger partial charge in [-0.15, -0.1) is 0 Å². The molecule has 0 fully saturated rings. The van der Waals surface area contributed by atoms with Gasteiger partial charge in [-0.1, -0.05) is 50.2 Å². The van der Waals surface area contributed by atoms with Crippen molar-refractivity contribution in [2.24, 2.45) is 13.0 Å². The van der Waals surface area contributed by atoms with Crippen molar-refractivity contribution in [2.75, 3.05) is 6.54 Å². The molecule has 3 nitrogen and oxygen atoms in total. The van der Waals surface area contributed by atoms with E-state index in [1.807, 2.05) is 55.9 Å². The molecule has 1 amide bonds. The minimum absolute atomic E-state index is 0.0854. The molecule has 3 aromatic rings. The fourth-order valence-corrected chi connectivity index (χ4v) is 3.57. The van der Waals surface area contributed by atoms with Gasteiger partial charge in [0.25, 0.3) is 0 Å². The van der Waals surface area contributed by atoms with Gasteiger partial charge in [0.1, 0.15) is 0 Å². The van der Waals surface area contributed by atoms with E-state index in [4.69, 9.17) is 0 Å². The van der Waals surface area contributed by atoms with E-state index in [1.165, 1.54) is 6.07 Å². The van der Waals surface area contributed by atoms with Crippen LogP contribution in [0.4, 0.5) is 13.2 Å². The number of alkyl halides is 3. The lowest BCUT2D eigenvalue weighted by Gasteiger charge is -2.19. The van der Waals surface area contributed by atoms with E-state index in [2.05, 4.69) is 5.32 Å². The molecule has 0 aliphatic rings. The van der Waals surface area contributed by atoms with Crippen LogP contribution in [-0.2, 0) is 18.0 Å². The molecule has 1 unspecified atom stereocenters. The zero-order valence-corrected chi connectivity index (χ0v) is 16.8. The van der Waals surface area contributed by atoms with Gasteiger partial charge in [0.15, 0.2) is 0 Å². The van der Waals surface area contributed by atoms with Crippen molar-refractivity contribution in [1.29, 1.82) is 0 Å². The Kier molecular flexibility index (Phi) is 6.01. The Morgan fingerprint density at radius 1 is 1.10 bits per heavy atom. The molecule has 29 heavy (non-hydrogen) atoms. The van der Waals surface area contributed by atoms with Gasteiger partial charge in [-0.2, -0.15) is 13.2 Å². The lowest BCUT2D eigenvalue weighted by Crippen LogP contribution is -2.28. The van der Waals surface area contributed by atoms with Crippen LogP contribution >= 0.6 is 0 Å². The number of halogens is 3. The molecule has 0 radical (unpaired) electrons. The molecule has 154 valence electrons. The van der Waals surface area contributed by atoms with Crippen molar-refractivity contribution in [1.82, 2.24) is 9.88 Å². The van der Waals surface area contributed by atoms with Crippen molar-refractivity contribution < 1.29 is 18.0 Å². The summed E-state index contributed by atoms with van der Waals surface area (Å²) in [6.07, 6.45) is -2.44. The Labute approximate surface area is 168 Å². The molecule has 1 heterocycles. The lowest BCUT2D eigenvalue weighted by molar-refractivity contribution is -0.137. The van der Waals surface area contributed by atoms with Gasteiger partial charge < -0.3 is 9.88 Å². The first kappa shape index (κ1) is 21.0. The Balaban J connectivity index is 2.06. The van der Waals surface area contributed by atoms with E-state index < -0.39 is 17.7 Å². The van der Waals surface area contributed by atoms with Crippen LogP contribution in [0.3, 0.4) is 0 Å². The Morgan fingerprint density at radius 3 is 2.52 bits per heavy atom. The van der Waals surface area contributed by atoms with E-state index in [0.29, 0.717) is 18.0 Å². The van der Waals surface area contributed by atoms with Crippen LogP contribution in [-0.4, -0.2) is 17.0 Å². The maximum atomic E-state index is 13.3. The largest absolute Gasteiger partial charge is 0.416 e. The van der Waals surface area contributed by atoms with Gasteiger partial charge in [0.2, 0.25) is 5.91 Å². The molecule has 3 rings (SSSR count). The predicted octanol–water partition coefficient (Wildman–Crippen LogP) is 5.49. The highest BCUT2D eigenvalue weighted by molar-refractivity contribution is 5.86. The van der Waals surface area contributed by atoms with Crippen LogP contribution in [0.15, 0.2) is 54.7 Å². The van der Waals surface area contributed by atoms with Gasteiger partial charge in [0, 0.05) is 43.0 Å². The number of aromatic nitrogens is 1. The standard InChI is InChI=1S/C23H25F3N2O/c1-15(2)13-27-22(29)12-19(16-7-6-8-17(11-16)23(24,25)26)20-14-28(3)21-10-5-4-9-18(20)21/h4-11,14-15,19H,12-13H2,1-3H3,(H,27,29). The minimum Gasteiger partial charge on any atom is -0.356 e. The van der Waals surface area contributed by atoms with Crippen molar-refractivity contribution in [3.8, 4) is 0 Å². The summed E-state index contributed by atoms with van der Waals surface area (Å²) >= 11 is 0. The van der Waals surface area contributed by atoms with Crippen LogP contribution in [0.2, 0.25) is 0 Å². The number of nitrogens with one attached hydrogen (secondary N) is 1. The SMILES string of the molecule is CC(C)CNC(=O)CC(c1cccc(C(F)(F)F)c1)c1cn(C)c2ccccc12. The second-order valence-corrected chi connectivity index (χ2v) is 7.79. The van der Waals surface area contributed by atoms with Gasteiger partial charge in [-0.05, 0) is 29.2 Å². The molecule has 1 atom stereocenters. The Hall–Kier alpha value is -2.76. The molecule has 0 aliphatic carbocycles. The second kappa shape index (κ2) is 8.31. The van der Waals surface area contributed by atoms with E-state index >= 15 is 0 Å². The van der Waals surface area contributed by atoms with Crippen molar-refractivity contribution >= 4 is 16.8 Å². The van der Waals surface area contributed by atoms with E-state index in [0.717, 1.165) is 28.6 Å². The Bertz CT molecular complexity index is 1000. The predicted molar refractivity (Wildman–Crippen MR) is 109 cm³/mol. The molecule has 6 heteroatoms. The lowest BCUT2D eigenvalue weighted by atomic mass is 9.87. The first-order valence-electron chi connectivity index (χ1n) is 9.64. The Morgan fingerprint density at radius 2 is 1.83 bits per heavy atom. The number of carbonyl (C=O) groups is 1. The molecule has 0 aliphatic heterocycles. The van der Waals surface area contributed by atoms with Gasteiger partial charge in [0.05, 0.1) is 5.56 Å². The third kappa shape index (κ3) is 4.81. The fraction of sp³-hybridized carbons (Fsp3) is 0.348. The summed E-state index contributed by atoms with van der Waals surface area (Å²) in [7, 11) is 1.90. The first-order chi connectivity index (χ1) is 13.7. The number of para-hydroxylation sites is 1. The molecule has 1 N–H and O–H groups in total. The van der Waals surface area contributed by atoms with E-state index in [-0.39, 0.29) is 12.3 Å². The van der Waals surface area contributed by atoms with E-state index in [1.54, 1.807) is 6.07 Å².